The molecule has 2 nitrogen and oxygen atoms in total. The van der Waals surface area contributed by atoms with E-state index in [1.54, 1.807) is 13.0 Å². The quantitative estimate of drug-likeness (QED) is 0.812. The van der Waals surface area contributed by atoms with Gasteiger partial charge in [0, 0.05) is 5.69 Å². The molecule has 0 saturated heterocycles. The number of hydrogen-bond donors (Lipinski definition) is 2. The summed E-state index contributed by atoms with van der Waals surface area (Å²) in [5.74, 6) is -0.208. The van der Waals surface area contributed by atoms with Crippen molar-refractivity contribution in [3.63, 3.8) is 0 Å². The lowest BCUT2D eigenvalue weighted by atomic mass is 10.0. The smallest absolute Gasteiger partial charge is 0.168 e. The van der Waals surface area contributed by atoms with E-state index < -0.39 is 0 Å². The van der Waals surface area contributed by atoms with Crippen LogP contribution in [0.15, 0.2) is 42.5 Å². The third kappa shape index (κ3) is 2.84. The molecule has 2 rings (SSSR count). The maximum absolute atomic E-state index is 13.5. The molecule has 0 unspecified atom stereocenters. The van der Waals surface area contributed by atoms with Gasteiger partial charge in [-0.2, -0.15) is 0 Å². The van der Waals surface area contributed by atoms with E-state index in [1.807, 2.05) is 30.3 Å². The van der Waals surface area contributed by atoms with E-state index >= 15 is 0 Å². The van der Waals surface area contributed by atoms with Gasteiger partial charge in [-0.25, -0.2) is 4.39 Å². The van der Waals surface area contributed by atoms with Crippen molar-refractivity contribution >= 4 is 23.0 Å². The van der Waals surface area contributed by atoms with Gasteiger partial charge in [0.1, 0.15) is 5.82 Å². The van der Waals surface area contributed by atoms with Gasteiger partial charge in [0.25, 0.3) is 0 Å². The van der Waals surface area contributed by atoms with Crippen molar-refractivity contribution < 1.29 is 4.39 Å². The molecule has 0 heterocycles. The number of aryl methyl sites for hydroxylation is 1. The first-order chi connectivity index (χ1) is 8.56. The molecule has 0 bridgehead atoms. The van der Waals surface area contributed by atoms with Crippen LogP contribution in [0.3, 0.4) is 0 Å². The molecule has 0 amide bonds. The Morgan fingerprint density at radius 2 is 1.89 bits per heavy atom. The van der Waals surface area contributed by atoms with E-state index in [4.69, 9.17) is 18.0 Å². The van der Waals surface area contributed by atoms with Gasteiger partial charge in [0.05, 0.1) is 0 Å². The van der Waals surface area contributed by atoms with Gasteiger partial charge in [0.15, 0.2) is 5.11 Å². The van der Waals surface area contributed by atoms with Crippen LogP contribution in [-0.4, -0.2) is 5.11 Å². The molecule has 4 heteroatoms. The summed E-state index contributed by atoms with van der Waals surface area (Å²) in [7, 11) is 0. The zero-order valence-corrected chi connectivity index (χ0v) is 10.7. The number of rotatable bonds is 2. The second-order valence-electron chi connectivity index (χ2n) is 4.03. The lowest BCUT2D eigenvalue weighted by molar-refractivity contribution is 0.619. The fourth-order valence-corrected chi connectivity index (χ4v) is 1.81. The predicted molar refractivity (Wildman–Crippen MR) is 77.0 cm³/mol. The van der Waals surface area contributed by atoms with Crippen LogP contribution in [0.4, 0.5) is 10.1 Å². The van der Waals surface area contributed by atoms with E-state index in [0.29, 0.717) is 5.56 Å². The van der Waals surface area contributed by atoms with Crippen LogP contribution in [0.5, 0.6) is 0 Å². The van der Waals surface area contributed by atoms with Crippen LogP contribution < -0.4 is 11.1 Å². The molecule has 18 heavy (non-hydrogen) atoms. The van der Waals surface area contributed by atoms with E-state index in [9.17, 15) is 4.39 Å². The van der Waals surface area contributed by atoms with Gasteiger partial charge >= 0.3 is 0 Å². The van der Waals surface area contributed by atoms with Crippen LogP contribution >= 0.6 is 12.2 Å². The van der Waals surface area contributed by atoms with Crippen molar-refractivity contribution in [3.05, 3.63) is 53.8 Å². The monoisotopic (exact) mass is 260 g/mol. The molecule has 92 valence electrons. The minimum absolute atomic E-state index is 0.208. The van der Waals surface area contributed by atoms with E-state index in [-0.39, 0.29) is 10.9 Å². The highest BCUT2D eigenvalue weighted by Crippen LogP contribution is 2.24. The molecule has 0 aliphatic carbocycles. The molecule has 3 N–H and O–H groups in total. The van der Waals surface area contributed by atoms with Crippen molar-refractivity contribution in [2.24, 2.45) is 5.73 Å². The topological polar surface area (TPSA) is 38.0 Å². The third-order valence-corrected chi connectivity index (χ3v) is 2.74. The van der Waals surface area contributed by atoms with Gasteiger partial charge in [-0.1, -0.05) is 24.3 Å². The molecule has 0 saturated carbocycles. The summed E-state index contributed by atoms with van der Waals surface area (Å²) >= 11 is 4.78. The van der Waals surface area contributed by atoms with Crippen LogP contribution in [0.2, 0.25) is 0 Å². The number of nitrogens with one attached hydrogen (secondary N) is 1. The molecular weight excluding hydrogens is 247 g/mol. The van der Waals surface area contributed by atoms with Crippen LogP contribution in [0, 0.1) is 12.7 Å². The number of hydrogen-bond acceptors (Lipinski definition) is 1. The van der Waals surface area contributed by atoms with E-state index in [2.05, 4.69) is 5.32 Å². The minimum atomic E-state index is -0.208. The second kappa shape index (κ2) is 5.14. The van der Waals surface area contributed by atoms with E-state index in [0.717, 1.165) is 16.8 Å². The average molecular weight is 260 g/mol. The van der Waals surface area contributed by atoms with Gasteiger partial charge < -0.3 is 11.1 Å². The molecule has 0 atom stereocenters. The van der Waals surface area contributed by atoms with E-state index in [1.165, 1.54) is 6.07 Å². The summed E-state index contributed by atoms with van der Waals surface area (Å²) in [4.78, 5) is 0. The second-order valence-corrected chi connectivity index (χ2v) is 4.47. The van der Waals surface area contributed by atoms with Gasteiger partial charge in [-0.05, 0) is 54.0 Å². The van der Waals surface area contributed by atoms with Crippen molar-refractivity contribution in [3.8, 4) is 11.1 Å². The Morgan fingerprint density at radius 1 is 1.17 bits per heavy atom. The van der Waals surface area contributed by atoms with Crippen LogP contribution in [0.25, 0.3) is 11.1 Å². The lowest BCUT2D eigenvalue weighted by Crippen LogP contribution is -2.18. The van der Waals surface area contributed by atoms with Crippen LogP contribution in [0.1, 0.15) is 5.56 Å². The van der Waals surface area contributed by atoms with Crippen molar-refractivity contribution in [1.82, 2.24) is 0 Å². The first kappa shape index (κ1) is 12.5. The molecule has 0 radical (unpaired) electrons. The number of benzene rings is 2. The molecular formula is C14H13FN2S. The zero-order chi connectivity index (χ0) is 13.1. The zero-order valence-electron chi connectivity index (χ0n) is 9.91. The molecule has 0 aromatic heterocycles. The summed E-state index contributed by atoms with van der Waals surface area (Å²) in [6.45, 7) is 1.74. The Hall–Kier alpha value is -1.94. The SMILES string of the molecule is Cc1ccc(-c2cccc(NC(N)=S)c2)cc1F. The maximum Gasteiger partial charge on any atom is 0.168 e. The Bertz CT molecular complexity index is 596. The fraction of sp³-hybridized carbons (Fsp3) is 0.0714. The lowest BCUT2D eigenvalue weighted by Gasteiger charge is -2.07. The maximum atomic E-state index is 13.5. The molecule has 0 spiro atoms. The molecule has 2 aromatic carbocycles. The molecule has 0 aliphatic rings. The molecule has 0 fully saturated rings. The van der Waals surface area contributed by atoms with Gasteiger partial charge in [-0.3, -0.25) is 0 Å². The van der Waals surface area contributed by atoms with Gasteiger partial charge in [-0.15, -0.1) is 0 Å². The average Bonchev–Trinajstić information content (AvgIpc) is 2.32. The highest BCUT2D eigenvalue weighted by Gasteiger charge is 2.03. The number of anilines is 1. The standard InChI is InChI=1S/C14H13FN2S/c1-9-5-6-11(8-13(9)15)10-3-2-4-12(7-10)17-14(16)18/h2-8H,1H3,(H3,16,17,18). The third-order valence-electron chi connectivity index (χ3n) is 2.64. The van der Waals surface area contributed by atoms with Crippen molar-refractivity contribution in [1.29, 1.82) is 0 Å². The summed E-state index contributed by atoms with van der Waals surface area (Å²) in [5, 5.41) is 3.07. The first-order valence-electron chi connectivity index (χ1n) is 5.49. The Balaban J connectivity index is 2.38. The number of halogens is 1. The Kier molecular flexibility index (Phi) is 3.58. The number of nitrogens with two attached hydrogens (primary N) is 1. The largest absolute Gasteiger partial charge is 0.376 e. The fourth-order valence-electron chi connectivity index (χ4n) is 1.69. The first-order valence-corrected chi connectivity index (χ1v) is 5.90. The summed E-state index contributed by atoms with van der Waals surface area (Å²) < 4.78 is 13.5. The summed E-state index contributed by atoms with van der Waals surface area (Å²) in [6.07, 6.45) is 0. The van der Waals surface area contributed by atoms with Gasteiger partial charge in [0.2, 0.25) is 0 Å². The highest BCUT2D eigenvalue weighted by atomic mass is 32.1. The molecule has 2 aromatic rings. The minimum Gasteiger partial charge on any atom is -0.376 e. The Labute approximate surface area is 111 Å². The Morgan fingerprint density at radius 3 is 2.56 bits per heavy atom. The van der Waals surface area contributed by atoms with Crippen molar-refractivity contribution in [2.75, 3.05) is 5.32 Å². The highest BCUT2D eigenvalue weighted by molar-refractivity contribution is 7.80. The number of thiocarbonyl (C=S) groups is 1. The predicted octanol–water partition coefficient (Wildman–Crippen LogP) is 3.46. The van der Waals surface area contributed by atoms with Crippen LogP contribution in [-0.2, 0) is 0 Å². The molecule has 0 aliphatic heterocycles. The normalized spacial score (nSPS) is 10.1. The van der Waals surface area contributed by atoms with Crippen molar-refractivity contribution in [2.45, 2.75) is 6.92 Å². The summed E-state index contributed by atoms with van der Waals surface area (Å²) in [6, 6.07) is 12.7. The summed E-state index contributed by atoms with van der Waals surface area (Å²) in [5.41, 5.74) is 8.58.